The molecule has 0 radical (unpaired) electrons. The average Bonchev–Trinajstić information content (AvgIpc) is 2.83. The molecule has 1 unspecified atom stereocenters. The van der Waals surface area contributed by atoms with Gasteiger partial charge in [-0.25, -0.2) is 0 Å². The van der Waals surface area contributed by atoms with Crippen LogP contribution < -0.4 is 10.2 Å². The van der Waals surface area contributed by atoms with Gasteiger partial charge < -0.3 is 15.0 Å². The molecule has 2 heterocycles. The standard InChI is InChI=1S/C14H23N3O/c1-12-10-13(5-6-16-12)17-8-3-4-14(17)11-15-7-9-18-2/h5-6,10,14-15H,3-4,7-9,11H2,1-2H3. The monoisotopic (exact) mass is 249 g/mol. The highest BCUT2D eigenvalue weighted by Gasteiger charge is 2.24. The first kappa shape index (κ1) is 13.3. The summed E-state index contributed by atoms with van der Waals surface area (Å²) in [6, 6.07) is 4.89. The normalized spacial score (nSPS) is 19.4. The molecule has 18 heavy (non-hydrogen) atoms. The van der Waals surface area contributed by atoms with Gasteiger partial charge in [-0.1, -0.05) is 0 Å². The van der Waals surface area contributed by atoms with Gasteiger partial charge in [0.1, 0.15) is 0 Å². The quantitative estimate of drug-likeness (QED) is 0.777. The van der Waals surface area contributed by atoms with Crippen LogP contribution in [0.15, 0.2) is 18.3 Å². The summed E-state index contributed by atoms with van der Waals surface area (Å²) in [6.07, 6.45) is 4.44. The summed E-state index contributed by atoms with van der Waals surface area (Å²) in [6.45, 7) is 5.94. The molecule has 1 aromatic rings. The third-order valence-corrected chi connectivity index (χ3v) is 3.45. The van der Waals surface area contributed by atoms with Gasteiger partial charge in [0.25, 0.3) is 0 Å². The Morgan fingerprint density at radius 2 is 2.44 bits per heavy atom. The van der Waals surface area contributed by atoms with E-state index in [-0.39, 0.29) is 0 Å². The van der Waals surface area contributed by atoms with E-state index in [1.165, 1.54) is 18.5 Å². The minimum Gasteiger partial charge on any atom is -0.383 e. The molecular weight excluding hydrogens is 226 g/mol. The van der Waals surface area contributed by atoms with E-state index in [2.05, 4.69) is 27.3 Å². The van der Waals surface area contributed by atoms with Crippen LogP contribution in [0.1, 0.15) is 18.5 Å². The SMILES string of the molecule is COCCNCC1CCCN1c1ccnc(C)c1. The first-order valence-electron chi connectivity index (χ1n) is 6.70. The van der Waals surface area contributed by atoms with Gasteiger partial charge in [0.2, 0.25) is 0 Å². The Kier molecular flexibility index (Phi) is 4.96. The fraction of sp³-hybridized carbons (Fsp3) is 0.643. The van der Waals surface area contributed by atoms with Crippen molar-refractivity contribution < 1.29 is 4.74 Å². The lowest BCUT2D eigenvalue weighted by molar-refractivity contribution is 0.199. The Hall–Kier alpha value is -1.13. The lowest BCUT2D eigenvalue weighted by Gasteiger charge is -2.27. The molecule has 0 saturated carbocycles. The number of aromatic nitrogens is 1. The molecule has 100 valence electrons. The highest BCUT2D eigenvalue weighted by Crippen LogP contribution is 2.25. The van der Waals surface area contributed by atoms with Crippen LogP contribution in [0, 0.1) is 6.92 Å². The molecule has 1 saturated heterocycles. The van der Waals surface area contributed by atoms with Gasteiger partial charge >= 0.3 is 0 Å². The lowest BCUT2D eigenvalue weighted by atomic mass is 10.2. The van der Waals surface area contributed by atoms with E-state index in [0.717, 1.165) is 31.9 Å². The third kappa shape index (κ3) is 3.43. The molecule has 1 aliphatic rings. The Bertz CT molecular complexity index is 370. The van der Waals surface area contributed by atoms with Crippen LogP contribution in [0.5, 0.6) is 0 Å². The summed E-state index contributed by atoms with van der Waals surface area (Å²) in [5.41, 5.74) is 2.39. The zero-order chi connectivity index (χ0) is 12.8. The lowest BCUT2D eigenvalue weighted by Crippen LogP contribution is -2.39. The van der Waals surface area contributed by atoms with E-state index >= 15 is 0 Å². The van der Waals surface area contributed by atoms with Gasteiger partial charge in [-0.3, -0.25) is 4.98 Å². The molecule has 1 fully saturated rings. The number of anilines is 1. The van der Waals surface area contributed by atoms with Gasteiger partial charge in [-0.15, -0.1) is 0 Å². The fourth-order valence-electron chi connectivity index (χ4n) is 2.54. The van der Waals surface area contributed by atoms with Crippen molar-refractivity contribution in [3.05, 3.63) is 24.0 Å². The molecule has 0 aliphatic carbocycles. The maximum atomic E-state index is 5.05. The number of nitrogens with zero attached hydrogens (tertiary/aromatic N) is 2. The van der Waals surface area contributed by atoms with Crippen LogP contribution in [-0.2, 0) is 4.74 Å². The highest BCUT2D eigenvalue weighted by atomic mass is 16.5. The molecule has 0 bridgehead atoms. The minimum atomic E-state index is 0.601. The predicted octanol–water partition coefficient (Wildman–Crippen LogP) is 1.59. The number of ether oxygens (including phenoxy) is 1. The summed E-state index contributed by atoms with van der Waals surface area (Å²) < 4.78 is 5.05. The first-order valence-corrected chi connectivity index (χ1v) is 6.70. The Morgan fingerprint density at radius 3 is 3.22 bits per heavy atom. The zero-order valence-corrected chi connectivity index (χ0v) is 11.4. The first-order chi connectivity index (χ1) is 8.81. The van der Waals surface area contributed by atoms with Crippen LogP contribution in [0.3, 0.4) is 0 Å². The average molecular weight is 249 g/mol. The van der Waals surface area contributed by atoms with E-state index in [0.29, 0.717) is 6.04 Å². The Balaban J connectivity index is 1.91. The number of hydrogen-bond donors (Lipinski definition) is 1. The van der Waals surface area contributed by atoms with Crippen molar-refractivity contribution in [1.29, 1.82) is 0 Å². The molecular formula is C14H23N3O. The van der Waals surface area contributed by atoms with E-state index in [1.54, 1.807) is 7.11 Å². The minimum absolute atomic E-state index is 0.601. The van der Waals surface area contributed by atoms with Gasteiger partial charge in [-0.2, -0.15) is 0 Å². The fourth-order valence-corrected chi connectivity index (χ4v) is 2.54. The van der Waals surface area contributed by atoms with Crippen LogP contribution in [0.4, 0.5) is 5.69 Å². The van der Waals surface area contributed by atoms with Gasteiger partial charge in [0.15, 0.2) is 0 Å². The largest absolute Gasteiger partial charge is 0.383 e. The molecule has 0 amide bonds. The molecule has 4 heteroatoms. The molecule has 1 aliphatic heterocycles. The number of methoxy groups -OCH3 is 1. The van der Waals surface area contributed by atoms with Crippen LogP contribution in [-0.4, -0.2) is 44.4 Å². The van der Waals surface area contributed by atoms with E-state index in [1.807, 2.05) is 13.1 Å². The van der Waals surface area contributed by atoms with Crippen molar-refractivity contribution >= 4 is 5.69 Å². The van der Waals surface area contributed by atoms with Crippen molar-refractivity contribution in [1.82, 2.24) is 10.3 Å². The topological polar surface area (TPSA) is 37.4 Å². The maximum absolute atomic E-state index is 5.05. The van der Waals surface area contributed by atoms with Crippen molar-refractivity contribution in [3.63, 3.8) is 0 Å². The second-order valence-electron chi connectivity index (χ2n) is 4.84. The summed E-state index contributed by atoms with van der Waals surface area (Å²) in [7, 11) is 1.74. The van der Waals surface area contributed by atoms with Crippen molar-refractivity contribution in [2.45, 2.75) is 25.8 Å². The molecule has 1 N–H and O–H groups in total. The van der Waals surface area contributed by atoms with Gasteiger partial charge in [0.05, 0.1) is 6.61 Å². The second kappa shape index (κ2) is 6.71. The molecule has 0 spiro atoms. The summed E-state index contributed by atoms with van der Waals surface area (Å²) in [5, 5.41) is 3.46. The Labute approximate surface area is 109 Å². The summed E-state index contributed by atoms with van der Waals surface area (Å²) >= 11 is 0. The molecule has 1 aromatic heterocycles. The number of hydrogen-bond acceptors (Lipinski definition) is 4. The predicted molar refractivity (Wildman–Crippen MR) is 74.1 cm³/mol. The smallest absolute Gasteiger partial charge is 0.0587 e. The van der Waals surface area contributed by atoms with Gasteiger partial charge in [-0.05, 0) is 31.9 Å². The molecule has 4 nitrogen and oxygen atoms in total. The van der Waals surface area contributed by atoms with Crippen LogP contribution in [0.2, 0.25) is 0 Å². The van der Waals surface area contributed by atoms with Crippen LogP contribution >= 0.6 is 0 Å². The number of nitrogens with one attached hydrogen (secondary N) is 1. The van der Waals surface area contributed by atoms with Crippen molar-refractivity contribution in [2.24, 2.45) is 0 Å². The highest BCUT2D eigenvalue weighted by molar-refractivity contribution is 5.48. The number of aryl methyl sites for hydroxylation is 1. The Morgan fingerprint density at radius 1 is 1.56 bits per heavy atom. The molecule has 2 rings (SSSR count). The third-order valence-electron chi connectivity index (χ3n) is 3.45. The number of pyridine rings is 1. The van der Waals surface area contributed by atoms with Gasteiger partial charge in [0, 0.05) is 50.4 Å². The maximum Gasteiger partial charge on any atom is 0.0587 e. The van der Waals surface area contributed by atoms with Crippen LogP contribution in [0.25, 0.3) is 0 Å². The van der Waals surface area contributed by atoms with E-state index in [4.69, 9.17) is 4.74 Å². The van der Waals surface area contributed by atoms with E-state index in [9.17, 15) is 0 Å². The zero-order valence-electron chi connectivity index (χ0n) is 11.4. The van der Waals surface area contributed by atoms with Crippen molar-refractivity contribution in [3.8, 4) is 0 Å². The summed E-state index contributed by atoms with van der Waals surface area (Å²) in [4.78, 5) is 6.76. The van der Waals surface area contributed by atoms with Crippen molar-refractivity contribution in [2.75, 3.05) is 38.3 Å². The molecule has 0 aromatic carbocycles. The number of rotatable bonds is 6. The molecule has 1 atom stereocenters. The summed E-state index contributed by atoms with van der Waals surface area (Å²) in [5.74, 6) is 0. The second-order valence-corrected chi connectivity index (χ2v) is 4.84. The van der Waals surface area contributed by atoms with E-state index < -0.39 is 0 Å².